The Hall–Kier alpha value is -0.610. The maximum atomic E-state index is 10.7. The summed E-state index contributed by atoms with van der Waals surface area (Å²) in [6.07, 6.45) is 0.812. The summed E-state index contributed by atoms with van der Waals surface area (Å²) >= 11 is 0. The monoisotopic (exact) mass is 162 g/mol. The zero-order chi connectivity index (χ0) is 8.69. The third-order valence-corrected chi connectivity index (χ3v) is 1.46. The third kappa shape index (κ3) is 3.34. The van der Waals surface area contributed by atoms with Crippen LogP contribution < -0.4 is 0 Å². The van der Waals surface area contributed by atoms with Gasteiger partial charge in [0.05, 0.1) is 19.6 Å². The van der Waals surface area contributed by atoms with Crippen molar-refractivity contribution in [3.05, 3.63) is 0 Å². The molecule has 1 heterocycles. The van der Waals surface area contributed by atoms with Crippen molar-refractivity contribution in [1.82, 2.24) is 0 Å². The summed E-state index contributed by atoms with van der Waals surface area (Å²) in [5.41, 5.74) is 0. The lowest BCUT2D eigenvalue weighted by molar-refractivity contribution is -0.145. The van der Waals surface area contributed by atoms with Crippen LogP contribution in [-0.2, 0) is 14.3 Å². The maximum absolute atomic E-state index is 10.7. The van der Waals surface area contributed by atoms with E-state index in [4.69, 9.17) is 9.84 Å². The Labute approximate surface area is 66.1 Å². The molecule has 11 heavy (non-hydrogen) atoms. The Morgan fingerprint density at radius 3 is 2.64 bits per heavy atom. The van der Waals surface area contributed by atoms with Crippen molar-refractivity contribution in [2.24, 2.45) is 5.92 Å². The molecular formula is C7H14O4. The first-order chi connectivity index (χ1) is 5.34. The van der Waals surface area contributed by atoms with E-state index in [2.05, 4.69) is 4.74 Å². The summed E-state index contributed by atoms with van der Waals surface area (Å²) in [4.78, 5) is 10.7. The van der Waals surface area contributed by atoms with E-state index >= 15 is 0 Å². The summed E-state index contributed by atoms with van der Waals surface area (Å²) in [5.74, 6) is -0.150. The second kappa shape index (κ2) is 6.12. The van der Waals surface area contributed by atoms with Gasteiger partial charge < -0.3 is 14.6 Å². The number of hydrogen-bond acceptors (Lipinski definition) is 4. The van der Waals surface area contributed by atoms with Gasteiger partial charge in [-0.1, -0.05) is 0 Å². The van der Waals surface area contributed by atoms with Crippen molar-refractivity contribution < 1.29 is 19.4 Å². The van der Waals surface area contributed by atoms with Crippen LogP contribution in [0.25, 0.3) is 0 Å². The molecule has 1 saturated heterocycles. The highest BCUT2D eigenvalue weighted by Gasteiger charge is 2.23. The highest BCUT2D eigenvalue weighted by atomic mass is 16.5. The molecule has 4 heteroatoms. The molecule has 0 bridgehead atoms. The van der Waals surface area contributed by atoms with E-state index in [-0.39, 0.29) is 11.9 Å². The van der Waals surface area contributed by atoms with Crippen LogP contribution in [0, 0.1) is 5.92 Å². The van der Waals surface area contributed by atoms with Crippen LogP contribution in [0.5, 0.6) is 0 Å². The number of esters is 1. The Morgan fingerprint density at radius 2 is 2.27 bits per heavy atom. The first-order valence-electron chi connectivity index (χ1n) is 3.45. The van der Waals surface area contributed by atoms with E-state index in [1.807, 2.05) is 0 Å². The number of carbonyl (C=O) groups excluding carboxylic acids is 1. The minimum Gasteiger partial charge on any atom is -0.469 e. The van der Waals surface area contributed by atoms with Crippen LogP contribution in [0.2, 0.25) is 0 Å². The molecule has 1 fully saturated rings. The second-order valence-electron chi connectivity index (χ2n) is 2.08. The van der Waals surface area contributed by atoms with Gasteiger partial charge in [0.25, 0.3) is 0 Å². The number of ether oxygens (including phenoxy) is 2. The zero-order valence-corrected chi connectivity index (χ0v) is 6.87. The quantitative estimate of drug-likeness (QED) is 0.543. The molecule has 1 atom stereocenters. The largest absolute Gasteiger partial charge is 0.469 e. The van der Waals surface area contributed by atoms with Gasteiger partial charge in [-0.05, 0) is 6.42 Å². The lowest BCUT2D eigenvalue weighted by Gasteiger charge is -2.01. The minimum atomic E-state index is -0.146. The molecule has 4 nitrogen and oxygen atoms in total. The third-order valence-electron chi connectivity index (χ3n) is 1.46. The van der Waals surface area contributed by atoms with Crippen molar-refractivity contribution >= 4 is 5.97 Å². The molecule has 0 saturated carbocycles. The van der Waals surface area contributed by atoms with Crippen molar-refractivity contribution in [3.8, 4) is 0 Å². The van der Waals surface area contributed by atoms with E-state index < -0.39 is 0 Å². The van der Waals surface area contributed by atoms with E-state index in [1.165, 1.54) is 7.11 Å². The van der Waals surface area contributed by atoms with Crippen LogP contribution in [0.4, 0.5) is 0 Å². The van der Waals surface area contributed by atoms with Crippen LogP contribution in [0.15, 0.2) is 0 Å². The first kappa shape index (κ1) is 10.4. The van der Waals surface area contributed by atoms with E-state index in [9.17, 15) is 4.79 Å². The molecule has 0 aromatic carbocycles. The fourth-order valence-electron chi connectivity index (χ4n) is 0.887. The molecule has 0 spiro atoms. The fraction of sp³-hybridized carbons (Fsp3) is 0.857. The average Bonchev–Trinajstić information content (AvgIpc) is 2.59. The number of aliphatic hydroxyl groups is 1. The van der Waals surface area contributed by atoms with E-state index in [0.29, 0.717) is 13.2 Å². The molecule has 1 aliphatic heterocycles. The zero-order valence-electron chi connectivity index (χ0n) is 6.87. The van der Waals surface area contributed by atoms with Crippen molar-refractivity contribution in [2.45, 2.75) is 6.42 Å². The van der Waals surface area contributed by atoms with Gasteiger partial charge in [0.15, 0.2) is 0 Å². The van der Waals surface area contributed by atoms with E-state index in [1.54, 1.807) is 0 Å². The van der Waals surface area contributed by atoms with Crippen LogP contribution >= 0.6 is 0 Å². The normalized spacial score (nSPS) is 21.9. The molecule has 1 aliphatic rings. The van der Waals surface area contributed by atoms with Crippen molar-refractivity contribution in [2.75, 3.05) is 27.4 Å². The van der Waals surface area contributed by atoms with Gasteiger partial charge in [0, 0.05) is 13.7 Å². The van der Waals surface area contributed by atoms with Crippen molar-refractivity contribution in [1.29, 1.82) is 0 Å². The van der Waals surface area contributed by atoms with Crippen molar-refractivity contribution in [3.63, 3.8) is 0 Å². The Kier molecular flexibility index (Phi) is 5.78. The lowest BCUT2D eigenvalue weighted by Crippen LogP contribution is -2.15. The van der Waals surface area contributed by atoms with Crippen LogP contribution in [-0.4, -0.2) is 38.5 Å². The summed E-state index contributed by atoms with van der Waals surface area (Å²) in [6, 6.07) is 0. The minimum absolute atomic E-state index is 0.00463. The molecule has 1 rings (SSSR count). The topological polar surface area (TPSA) is 55.8 Å². The standard InChI is InChI=1S/C6H10O3.CH4O/c1-8-6(7)5-2-3-9-4-5;1-2/h5H,2-4H2,1H3;2H,1H3. The van der Waals surface area contributed by atoms with Crippen LogP contribution in [0.1, 0.15) is 6.42 Å². The van der Waals surface area contributed by atoms with Gasteiger partial charge in [-0.2, -0.15) is 0 Å². The van der Waals surface area contributed by atoms with Gasteiger partial charge in [-0.3, -0.25) is 4.79 Å². The lowest BCUT2D eigenvalue weighted by atomic mass is 10.1. The summed E-state index contributed by atoms with van der Waals surface area (Å²) in [6.45, 7) is 1.23. The Balaban J connectivity index is 0.000000461. The molecule has 0 amide bonds. The Morgan fingerprint density at radius 1 is 1.64 bits per heavy atom. The number of hydrogen-bond donors (Lipinski definition) is 1. The molecule has 0 aromatic rings. The molecule has 0 aromatic heterocycles. The van der Waals surface area contributed by atoms with E-state index in [0.717, 1.165) is 13.5 Å². The highest BCUT2D eigenvalue weighted by Crippen LogP contribution is 2.12. The average molecular weight is 162 g/mol. The summed E-state index contributed by atoms with van der Waals surface area (Å²) in [5, 5.41) is 7.00. The second-order valence-corrected chi connectivity index (χ2v) is 2.08. The summed E-state index contributed by atoms with van der Waals surface area (Å²) in [7, 11) is 2.40. The molecule has 1 N–H and O–H groups in total. The fourth-order valence-corrected chi connectivity index (χ4v) is 0.887. The molecule has 0 radical (unpaired) electrons. The molecule has 66 valence electrons. The smallest absolute Gasteiger partial charge is 0.311 e. The molecule has 0 aliphatic carbocycles. The van der Waals surface area contributed by atoms with Gasteiger partial charge in [-0.15, -0.1) is 0 Å². The van der Waals surface area contributed by atoms with Crippen LogP contribution in [0.3, 0.4) is 0 Å². The SMILES string of the molecule is CO.COC(=O)C1CCOC1. The van der Waals surface area contributed by atoms with Gasteiger partial charge >= 0.3 is 5.97 Å². The number of methoxy groups -OCH3 is 1. The predicted molar refractivity (Wildman–Crippen MR) is 39.1 cm³/mol. The number of carbonyl (C=O) groups is 1. The number of rotatable bonds is 1. The van der Waals surface area contributed by atoms with Gasteiger partial charge in [-0.25, -0.2) is 0 Å². The van der Waals surface area contributed by atoms with Gasteiger partial charge in [0.1, 0.15) is 0 Å². The maximum Gasteiger partial charge on any atom is 0.311 e. The summed E-state index contributed by atoms with van der Waals surface area (Å²) < 4.78 is 9.49. The molecular weight excluding hydrogens is 148 g/mol. The first-order valence-corrected chi connectivity index (χ1v) is 3.45. The Bertz CT molecular complexity index is 107. The number of aliphatic hydroxyl groups excluding tert-OH is 1. The highest BCUT2D eigenvalue weighted by molar-refractivity contribution is 5.72. The molecule has 1 unspecified atom stereocenters. The predicted octanol–water partition coefficient (Wildman–Crippen LogP) is -0.196. The van der Waals surface area contributed by atoms with Gasteiger partial charge in [0.2, 0.25) is 0 Å².